The van der Waals surface area contributed by atoms with Gasteiger partial charge in [0.15, 0.2) is 0 Å². The maximum absolute atomic E-state index is 10.4. The van der Waals surface area contributed by atoms with E-state index in [4.69, 9.17) is 0 Å². The summed E-state index contributed by atoms with van der Waals surface area (Å²) in [6.45, 7) is 0. The number of aromatic nitrogens is 2. The summed E-state index contributed by atoms with van der Waals surface area (Å²) in [4.78, 5) is 25.9. The van der Waals surface area contributed by atoms with Crippen LogP contribution in [0.15, 0.2) is 14.0 Å². The van der Waals surface area contributed by atoms with E-state index in [0.717, 1.165) is 0 Å². The van der Waals surface area contributed by atoms with E-state index in [1.54, 1.807) is 0 Å². The number of hydrogen-bond acceptors (Lipinski definition) is 5. The van der Waals surface area contributed by atoms with Crippen molar-refractivity contribution in [2.24, 2.45) is 0 Å². The van der Waals surface area contributed by atoms with Crippen molar-refractivity contribution in [2.75, 3.05) is 12.4 Å². The second-order valence-electron chi connectivity index (χ2n) is 1.49. The summed E-state index contributed by atoms with van der Waals surface area (Å²) in [6.07, 6.45) is 0. The minimum atomic E-state index is -0.815. The molecule has 0 unspecified atom stereocenters. The van der Waals surface area contributed by atoms with Gasteiger partial charge in [0.25, 0.3) is 0 Å². The van der Waals surface area contributed by atoms with Gasteiger partial charge in [0.2, 0.25) is 0 Å². The van der Waals surface area contributed by atoms with Gasteiger partial charge in [-0.2, -0.15) is 0 Å². The fourth-order valence-corrected chi connectivity index (χ4v) is 0.451. The van der Waals surface area contributed by atoms with Gasteiger partial charge in [-0.1, -0.05) is 0 Å². The predicted octanol–water partition coefficient (Wildman–Crippen LogP) is -1.24. The van der Waals surface area contributed by atoms with Crippen LogP contribution in [0.1, 0.15) is 0 Å². The van der Waals surface area contributed by atoms with E-state index in [0.29, 0.717) is 0 Å². The number of hydrogen-bond donors (Lipinski definition) is 2. The lowest BCUT2D eigenvalue weighted by Gasteiger charge is -1.90. The zero-order valence-electron chi connectivity index (χ0n) is 5.17. The third-order valence-electron chi connectivity index (χ3n) is 0.815. The summed E-state index contributed by atoms with van der Waals surface area (Å²) < 4.78 is 4.37. The SMILES string of the molecule is CNc1nc(=O)[nH]c(=O)o1. The summed E-state index contributed by atoms with van der Waals surface area (Å²) in [6, 6.07) is -0.0891. The van der Waals surface area contributed by atoms with E-state index in [2.05, 4.69) is 14.7 Å². The fraction of sp³-hybridized carbons (Fsp3) is 0.250. The Morgan fingerprint density at radius 2 is 2.30 bits per heavy atom. The normalized spacial score (nSPS) is 9.30. The Balaban J connectivity index is 3.33. The van der Waals surface area contributed by atoms with Gasteiger partial charge in [0.1, 0.15) is 0 Å². The third-order valence-corrected chi connectivity index (χ3v) is 0.815. The lowest BCUT2D eigenvalue weighted by molar-refractivity contribution is 0.473. The van der Waals surface area contributed by atoms with Gasteiger partial charge in [0.05, 0.1) is 0 Å². The van der Waals surface area contributed by atoms with Gasteiger partial charge in [-0.25, -0.2) is 14.6 Å². The zero-order chi connectivity index (χ0) is 7.56. The number of nitrogens with zero attached hydrogens (tertiary/aromatic N) is 1. The van der Waals surface area contributed by atoms with Crippen molar-refractivity contribution < 1.29 is 4.42 Å². The second-order valence-corrected chi connectivity index (χ2v) is 1.49. The van der Waals surface area contributed by atoms with E-state index in [1.165, 1.54) is 7.05 Å². The van der Waals surface area contributed by atoms with Crippen molar-refractivity contribution in [3.05, 3.63) is 21.0 Å². The summed E-state index contributed by atoms with van der Waals surface area (Å²) in [7, 11) is 1.49. The molecule has 0 saturated carbocycles. The average molecular weight is 143 g/mol. The molecule has 0 aliphatic carbocycles. The van der Waals surface area contributed by atoms with Crippen molar-refractivity contribution in [3.63, 3.8) is 0 Å². The molecule has 0 fully saturated rings. The van der Waals surface area contributed by atoms with Gasteiger partial charge in [0, 0.05) is 7.05 Å². The standard InChI is InChI=1S/C4H5N3O3/c1-5-3-6-2(8)7-4(9)10-3/h1H3,(H2,5,6,7,8,9). The Morgan fingerprint density at radius 1 is 1.60 bits per heavy atom. The number of anilines is 1. The van der Waals surface area contributed by atoms with Gasteiger partial charge < -0.3 is 9.73 Å². The first kappa shape index (κ1) is 6.53. The molecular weight excluding hydrogens is 138 g/mol. The minimum absolute atomic E-state index is 0.0891. The van der Waals surface area contributed by atoms with Crippen LogP contribution in [0.25, 0.3) is 0 Å². The van der Waals surface area contributed by atoms with Crippen LogP contribution in [-0.2, 0) is 0 Å². The Bertz CT molecular complexity index is 297. The molecule has 0 bridgehead atoms. The molecule has 0 radical (unpaired) electrons. The van der Waals surface area contributed by atoms with Crippen LogP contribution < -0.4 is 16.8 Å². The van der Waals surface area contributed by atoms with Gasteiger partial charge >= 0.3 is 17.5 Å². The van der Waals surface area contributed by atoms with Gasteiger partial charge in [-0.3, -0.25) is 0 Å². The van der Waals surface area contributed by atoms with Crippen molar-refractivity contribution in [1.82, 2.24) is 9.97 Å². The molecule has 0 aromatic carbocycles. The Labute approximate surface area is 54.9 Å². The van der Waals surface area contributed by atoms with Crippen molar-refractivity contribution >= 4 is 6.01 Å². The first-order chi connectivity index (χ1) is 4.72. The third kappa shape index (κ3) is 1.22. The summed E-state index contributed by atoms with van der Waals surface area (Å²) >= 11 is 0. The van der Waals surface area contributed by atoms with Crippen molar-refractivity contribution in [2.45, 2.75) is 0 Å². The molecule has 2 N–H and O–H groups in total. The van der Waals surface area contributed by atoms with E-state index in [1.807, 2.05) is 4.98 Å². The predicted molar refractivity (Wildman–Crippen MR) is 32.9 cm³/mol. The molecule has 1 rings (SSSR count). The molecule has 0 amide bonds. The zero-order valence-corrected chi connectivity index (χ0v) is 5.17. The van der Waals surface area contributed by atoms with Crippen LogP contribution in [-0.4, -0.2) is 17.0 Å². The van der Waals surface area contributed by atoms with E-state index >= 15 is 0 Å². The smallest absolute Gasteiger partial charge is 0.375 e. The molecule has 6 nitrogen and oxygen atoms in total. The molecule has 0 spiro atoms. The molecule has 6 heteroatoms. The summed E-state index contributed by atoms with van der Waals surface area (Å²) in [5, 5.41) is 2.41. The highest BCUT2D eigenvalue weighted by atomic mass is 16.4. The Kier molecular flexibility index (Phi) is 1.53. The maximum Gasteiger partial charge on any atom is 0.423 e. The number of H-pyrrole nitrogens is 1. The summed E-state index contributed by atoms with van der Waals surface area (Å²) in [5.74, 6) is -0.815. The van der Waals surface area contributed by atoms with Crippen molar-refractivity contribution in [3.8, 4) is 0 Å². The first-order valence-electron chi connectivity index (χ1n) is 2.51. The number of nitrogens with one attached hydrogen (secondary N) is 2. The molecule has 0 saturated heterocycles. The first-order valence-corrected chi connectivity index (χ1v) is 2.51. The fourth-order valence-electron chi connectivity index (χ4n) is 0.451. The number of rotatable bonds is 1. The largest absolute Gasteiger partial charge is 0.423 e. The van der Waals surface area contributed by atoms with Gasteiger partial charge in [-0.05, 0) is 0 Å². The average Bonchev–Trinajstić information content (AvgIpc) is 1.85. The number of aromatic amines is 1. The highest BCUT2D eigenvalue weighted by Crippen LogP contribution is 1.86. The summed E-state index contributed by atoms with van der Waals surface area (Å²) in [5.41, 5.74) is -0.722. The lowest BCUT2D eigenvalue weighted by Crippen LogP contribution is -2.22. The van der Waals surface area contributed by atoms with Crippen LogP contribution in [0, 0.1) is 0 Å². The highest BCUT2D eigenvalue weighted by molar-refractivity contribution is 5.12. The van der Waals surface area contributed by atoms with Gasteiger partial charge in [-0.15, -0.1) is 4.98 Å². The highest BCUT2D eigenvalue weighted by Gasteiger charge is 1.94. The molecule has 10 heavy (non-hydrogen) atoms. The second kappa shape index (κ2) is 2.34. The van der Waals surface area contributed by atoms with Crippen LogP contribution in [0.2, 0.25) is 0 Å². The van der Waals surface area contributed by atoms with E-state index < -0.39 is 11.4 Å². The molecule has 1 heterocycles. The Morgan fingerprint density at radius 3 is 2.80 bits per heavy atom. The topological polar surface area (TPSA) is 88.0 Å². The lowest BCUT2D eigenvalue weighted by atomic mass is 11.0. The molecular formula is C4H5N3O3. The molecule has 0 aliphatic heterocycles. The van der Waals surface area contributed by atoms with E-state index in [-0.39, 0.29) is 6.01 Å². The van der Waals surface area contributed by atoms with Crippen molar-refractivity contribution in [1.29, 1.82) is 0 Å². The molecule has 1 aromatic rings. The van der Waals surface area contributed by atoms with E-state index in [9.17, 15) is 9.59 Å². The van der Waals surface area contributed by atoms with Crippen LogP contribution in [0.3, 0.4) is 0 Å². The Hall–Kier alpha value is -1.59. The molecule has 54 valence electrons. The quantitative estimate of drug-likeness (QED) is 0.513. The molecule has 1 aromatic heterocycles. The van der Waals surface area contributed by atoms with Crippen LogP contribution in [0.4, 0.5) is 6.01 Å². The van der Waals surface area contributed by atoms with Crippen LogP contribution >= 0.6 is 0 Å². The minimum Gasteiger partial charge on any atom is -0.375 e. The molecule has 0 aliphatic rings. The monoisotopic (exact) mass is 143 g/mol. The maximum atomic E-state index is 10.4. The molecule has 0 atom stereocenters. The van der Waals surface area contributed by atoms with Crippen LogP contribution in [0.5, 0.6) is 0 Å².